The highest BCUT2D eigenvalue weighted by Crippen LogP contribution is 2.26. The van der Waals surface area contributed by atoms with E-state index < -0.39 is 10.0 Å². The van der Waals surface area contributed by atoms with Crippen LogP contribution in [0.1, 0.15) is 12.6 Å². The summed E-state index contributed by atoms with van der Waals surface area (Å²) in [6, 6.07) is 0. The number of rotatable bonds is 4. The summed E-state index contributed by atoms with van der Waals surface area (Å²) < 4.78 is 26.3. The summed E-state index contributed by atoms with van der Waals surface area (Å²) in [6.45, 7) is 7.19. The summed E-state index contributed by atoms with van der Waals surface area (Å²) >= 11 is 6.58. The van der Waals surface area contributed by atoms with E-state index in [1.165, 1.54) is 0 Å². The van der Waals surface area contributed by atoms with Crippen molar-refractivity contribution in [3.63, 3.8) is 0 Å². The Hall–Kier alpha value is -0.430. The molecule has 0 radical (unpaired) electrons. The van der Waals surface area contributed by atoms with Gasteiger partial charge in [-0.1, -0.05) is 35.1 Å². The van der Waals surface area contributed by atoms with Crippen molar-refractivity contribution in [3.8, 4) is 0 Å². The Morgan fingerprint density at radius 1 is 1.67 bits per heavy atom. The van der Waals surface area contributed by atoms with Crippen molar-refractivity contribution in [1.82, 2.24) is 9.71 Å². The summed E-state index contributed by atoms with van der Waals surface area (Å²) in [5.74, 6) is 0. The Kier molecular flexibility index (Phi) is 3.88. The highest BCUT2D eigenvalue weighted by Gasteiger charge is 2.20. The summed E-state index contributed by atoms with van der Waals surface area (Å²) in [5, 5.41) is 0. The van der Waals surface area contributed by atoms with Crippen LogP contribution < -0.4 is 4.72 Å². The molecular formula is C8H11ClN2O2S2. The molecule has 0 atom stereocenters. The zero-order valence-corrected chi connectivity index (χ0v) is 10.8. The van der Waals surface area contributed by atoms with E-state index in [9.17, 15) is 8.42 Å². The van der Waals surface area contributed by atoms with E-state index >= 15 is 0 Å². The van der Waals surface area contributed by atoms with Gasteiger partial charge in [0.05, 0.1) is 5.69 Å². The second-order valence-electron chi connectivity index (χ2n) is 3.12. The number of thiazole rings is 1. The molecule has 0 fully saturated rings. The molecule has 0 saturated heterocycles. The molecule has 0 aromatic carbocycles. The minimum absolute atomic E-state index is 0.161. The second kappa shape index (κ2) is 4.61. The van der Waals surface area contributed by atoms with Gasteiger partial charge in [0, 0.05) is 6.54 Å². The molecule has 0 saturated carbocycles. The average Bonchev–Trinajstić information content (AvgIpc) is 2.43. The van der Waals surface area contributed by atoms with Crippen molar-refractivity contribution in [2.24, 2.45) is 0 Å². The van der Waals surface area contributed by atoms with Gasteiger partial charge in [-0.3, -0.25) is 0 Å². The summed E-state index contributed by atoms with van der Waals surface area (Å²) in [5.41, 5.74) is 1.16. The Morgan fingerprint density at radius 2 is 2.27 bits per heavy atom. The van der Waals surface area contributed by atoms with Crippen LogP contribution in [0.25, 0.3) is 0 Å². The van der Waals surface area contributed by atoms with Crippen LogP contribution in [0.5, 0.6) is 0 Å². The van der Waals surface area contributed by atoms with Crippen molar-refractivity contribution in [2.75, 3.05) is 6.54 Å². The van der Waals surface area contributed by atoms with E-state index in [4.69, 9.17) is 11.6 Å². The predicted molar refractivity (Wildman–Crippen MR) is 61.9 cm³/mol. The molecule has 1 N–H and O–H groups in total. The third kappa shape index (κ3) is 3.27. The topological polar surface area (TPSA) is 59.1 Å². The number of aryl methyl sites for hydroxylation is 1. The van der Waals surface area contributed by atoms with Crippen LogP contribution in [0.15, 0.2) is 16.4 Å². The van der Waals surface area contributed by atoms with Crippen LogP contribution in [-0.2, 0) is 10.0 Å². The van der Waals surface area contributed by atoms with Gasteiger partial charge in [-0.15, -0.1) is 0 Å². The highest BCUT2D eigenvalue weighted by molar-refractivity contribution is 7.91. The van der Waals surface area contributed by atoms with E-state index in [1.54, 1.807) is 13.8 Å². The molecule has 1 aromatic heterocycles. The van der Waals surface area contributed by atoms with E-state index in [2.05, 4.69) is 16.3 Å². The Bertz CT molecular complexity index is 479. The lowest BCUT2D eigenvalue weighted by atomic mass is 10.4. The second-order valence-corrected chi connectivity index (χ2v) is 6.66. The van der Waals surface area contributed by atoms with Gasteiger partial charge in [0.1, 0.15) is 0 Å². The van der Waals surface area contributed by atoms with Crippen LogP contribution >= 0.6 is 22.9 Å². The number of hydrogen-bond acceptors (Lipinski definition) is 4. The van der Waals surface area contributed by atoms with Crippen LogP contribution in [0.3, 0.4) is 0 Å². The molecule has 0 amide bonds. The van der Waals surface area contributed by atoms with Crippen molar-refractivity contribution in [1.29, 1.82) is 0 Å². The number of sulfonamides is 1. The normalized spacial score (nSPS) is 11.7. The van der Waals surface area contributed by atoms with Gasteiger partial charge in [0.25, 0.3) is 10.0 Å². The number of halogens is 1. The third-order valence-corrected chi connectivity index (χ3v) is 4.81. The van der Waals surface area contributed by atoms with Gasteiger partial charge in [0.2, 0.25) is 0 Å². The van der Waals surface area contributed by atoms with Gasteiger partial charge in [-0.05, 0) is 13.8 Å². The quantitative estimate of drug-likeness (QED) is 0.848. The molecule has 1 rings (SSSR count). The minimum atomic E-state index is -3.50. The largest absolute Gasteiger partial charge is 0.252 e. The molecule has 0 bridgehead atoms. The van der Waals surface area contributed by atoms with Gasteiger partial charge >= 0.3 is 0 Å². The standard InChI is InChI=1S/C8H11ClN2O2S2/c1-5(2)4-10-15(12,13)7-6(3)11-8(9)14-7/h10H,1,4H2,2-3H3. The number of hydrogen-bond donors (Lipinski definition) is 1. The minimum Gasteiger partial charge on any atom is -0.229 e. The molecule has 0 aliphatic rings. The maximum absolute atomic E-state index is 11.7. The summed E-state index contributed by atoms with van der Waals surface area (Å²) in [6.07, 6.45) is 0. The molecule has 84 valence electrons. The van der Waals surface area contributed by atoms with Gasteiger partial charge in [-0.2, -0.15) is 0 Å². The Balaban J connectivity index is 2.96. The fraction of sp³-hybridized carbons (Fsp3) is 0.375. The predicted octanol–water partition coefficient (Wildman–Crippen LogP) is 1.96. The first-order valence-corrected chi connectivity index (χ1v) is 6.77. The smallest absolute Gasteiger partial charge is 0.229 e. The van der Waals surface area contributed by atoms with Gasteiger partial charge in [0.15, 0.2) is 8.68 Å². The molecule has 0 spiro atoms. The maximum Gasteiger partial charge on any atom is 0.252 e. The average molecular weight is 267 g/mol. The SMILES string of the molecule is C=C(C)CNS(=O)(=O)c1sc(Cl)nc1C. The van der Waals surface area contributed by atoms with E-state index in [0.29, 0.717) is 5.69 Å². The Morgan fingerprint density at radius 3 is 2.67 bits per heavy atom. The van der Waals surface area contributed by atoms with Gasteiger partial charge in [-0.25, -0.2) is 18.1 Å². The van der Waals surface area contributed by atoms with E-state index in [0.717, 1.165) is 16.9 Å². The third-order valence-electron chi connectivity index (χ3n) is 1.54. The zero-order chi connectivity index (χ0) is 11.6. The van der Waals surface area contributed by atoms with Crippen molar-refractivity contribution >= 4 is 33.0 Å². The molecule has 7 heteroatoms. The highest BCUT2D eigenvalue weighted by atomic mass is 35.5. The van der Waals surface area contributed by atoms with Crippen molar-refractivity contribution in [3.05, 3.63) is 22.3 Å². The fourth-order valence-corrected chi connectivity index (χ4v) is 3.76. The number of aromatic nitrogens is 1. The molecule has 0 aliphatic carbocycles. The van der Waals surface area contributed by atoms with E-state index in [-0.39, 0.29) is 15.2 Å². The van der Waals surface area contributed by atoms with Crippen LogP contribution in [0.2, 0.25) is 4.47 Å². The lowest BCUT2D eigenvalue weighted by Gasteiger charge is -2.04. The zero-order valence-electron chi connectivity index (χ0n) is 8.37. The fourth-order valence-electron chi connectivity index (χ4n) is 0.884. The molecule has 0 unspecified atom stereocenters. The first-order chi connectivity index (χ1) is 6.83. The summed E-state index contributed by atoms with van der Waals surface area (Å²) in [4.78, 5) is 3.85. The summed E-state index contributed by atoms with van der Waals surface area (Å²) in [7, 11) is -3.50. The number of nitrogens with one attached hydrogen (secondary N) is 1. The number of nitrogens with zero attached hydrogens (tertiary/aromatic N) is 1. The molecule has 4 nitrogen and oxygen atoms in total. The first kappa shape index (κ1) is 12.6. The molecule has 1 aromatic rings. The van der Waals surface area contributed by atoms with Crippen LogP contribution in [0.4, 0.5) is 0 Å². The van der Waals surface area contributed by atoms with Crippen LogP contribution in [-0.4, -0.2) is 19.9 Å². The van der Waals surface area contributed by atoms with Crippen molar-refractivity contribution < 1.29 is 8.42 Å². The molecule has 15 heavy (non-hydrogen) atoms. The lowest BCUT2D eigenvalue weighted by molar-refractivity contribution is 0.586. The van der Waals surface area contributed by atoms with Crippen molar-refractivity contribution in [2.45, 2.75) is 18.1 Å². The Labute approximate surface area is 98.0 Å². The molecule has 0 aliphatic heterocycles. The first-order valence-electron chi connectivity index (χ1n) is 4.10. The monoisotopic (exact) mass is 266 g/mol. The molecular weight excluding hydrogens is 256 g/mol. The maximum atomic E-state index is 11.7. The lowest BCUT2D eigenvalue weighted by Crippen LogP contribution is -2.25. The molecule has 1 heterocycles. The van der Waals surface area contributed by atoms with Gasteiger partial charge < -0.3 is 0 Å². The van der Waals surface area contributed by atoms with Crippen LogP contribution in [0, 0.1) is 6.92 Å². The van der Waals surface area contributed by atoms with E-state index in [1.807, 2.05) is 0 Å².